The van der Waals surface area contributed by atoms with Crippen LogP contribution in [0.15, 0.2) is 24.3 Å². The number of benzene rings is 1. The van der Waals surface area contributed by atoms with Crippen molar-refractivity contribution < 1.29 is 4.79 Å². The first kappa shape index (κ1) is 23.0. The molecule has 1 heterocycles. The molecule has 0 bridgehead atoms. The van der Waals surface area contributed by atoms with E-state index in [2.05, 4.69) is 49.9 Å². The van der Waals surface area contributed by atoms with E-state index >= 15 is 0 Å². The van der Waals surface area contributed by atoms with Gasteiger partial charge in [0.05, 0.1) is 5.41 Å². The van der Waals surface area contributed by atoms with Crippen molar-refractivity contribution >= 4 is 36.4 Å². The lowest BCUT2D eigenvalue weighted by molar-refractivity contribution is -0.142. The molecular formula is C18H31Cl2N3O. The third kappa shape index (κ3) is 4.78. The molecule has 0 aliphatic carbocycles. The fourth-order valence-electron chi connectivity index (χ4n) is 3.26. The van der Waals surface area contributed by atoms with E-state index in [0.29, 0.717) is 6.54 Å². The number of anilines is 1. The van der Waals surface area contributed by atoms with Gasteiger partial charge in [0.15, 0.2) is 0 Å². The van der Waals surface area contributed by atoms with Gasteiger partial charge >= 0.3 is 0 Å². The first-order valence-corrected chi connectivity index (χ1v) is 8.37. The van der Waals surface area contributed by atoms with Gasteiger partial charge in [-0.15, -0.1) is 24.8 Å². The van der Waals surface area contributed by atoms with E-state index in [9.17, 15) is 4.79 Å². The number of piperazine rings is 1. The number of nitrogens with zero attached hydrogens (tertiary/aromatic N) is 2. The predicted octanol–water partition coefficient (Wildman–Crippen LogP) is 3.25. The van der Waals surface area contributed by atoms with Crippen LogP contribution in [0.3, 0.4) is 0 Å². The summed E-state index contributed by atoms with van der Waals surface area (Å²) in [7, 11) is 0. The van der Waals surface area contributed by atoms with Crippen LogP contribution in [0.4, 0.5) is 5.69 Å². The van der Waals surface area contributed by atoms with Gasteiger partial charge in [0.25, 0.3) is 0 Å². The predicted molar refractivity (Wildman–Crippen MR) is 107 cm³/mol. The Hall–Kier alpha value is -0.970. The fraction of sp³-hybridized carbons (Fsp3) is 0.611. The minimum atomic E-state index is -0.370. The Balaban J connectivity index is 0.00000264. The van der Waals surface area contributed by atoms with Gasteiger partial charge < -0.3 is 15.5 Å². The van der Waals surface area contributed by atoms with E-state index in [4.69, 9.17) is 5.73 Å². The van der Waals surface area contributed by atoms with Gasteiger partial charge in [-0.1, -0.05) is 26.0 Å². The molecule has 0 radical (unpaired) electrons. The first-order valence-electron chi connectivity index (χ1n) is 8.37. The smallest absolute Gasteiger partial charge is 0.230 e. The van der Waals surface area contributed by atoms with Crippen molar-refractivity contribution in [3.05, 3.63) is 29.8 Å². The lowest BCUT2D eigenvalue weighted by Crippen LogP contribution is -2.54. The second kappa shape index (κ2) is 10.1. The molecule has 1 amide bonds. The summed E-state index contributed by atoms with van der Waals surface area (Å²) < 4.78 is 0. The third-order valence-corrected chi connectivity index (χ3v) is 5.13. The minimum Gasteiger partial charge on any atom is -0.368 e. The zero-order valence-electron chi connectivity index (χ0n) is 15.0. The van der Waals surface area contributed by atoms with E-state index in [1.165, 1.54) is 11.3 Å². The number of carbonyl (C=O) groups excluding carboxylic acids is 1. The van der Waals surface area contributed by atoms with Gasteiger partial charge in [-0.3, -0.25) is 4.79 Å². The molecule has 1 fully saturated rings. The van der Waals surface area contributed by atoms with Crippen LogP contribution in [0.1, 0.15) is 32.3 Å². The Bertz CT molecular complexity index is 504. The van der Waals surface area contributed by atoms with Crippen LogP contribution >= 0.6 is 24.8 Å². The van der Waals surface area contributed by atoms with Gasteiger partial charge in [-0.05, 0) is 37.5 Å². The molecular weight excluding hydrogens is 345 g/mol. The lowest BCUT2D eigenvalue weighted by Gasteiger charge is -2.41. The van der Waals surface area contributed by atoms with Crippen molar-refractivity contribution in [2.45, 2.75) is 33.6 Å². The molecule has 24 heavy (non-hydrogen) atoms. The van der Waals surface area contributed by atoms with E-state index < -0.39 is 0 Å². The second-order valence-electron chi connectivity index (χ2n) is 6.31. The van der Waals surface area contributed by atoms with Gasteiger partial charge in [0.1, 0.15) is 0 Å². The quantitative estimate of drug-likeness (QED) is 0.858. The maximum absolute atomic E-state index is 12.8. The summed E-state index contributed by atoms with van der Waals surface area (Å²) in [4.78, 5) is 17.2. The number of nitrogens with two attached hydrogens (primary N) is 1. The van der Waals surface area contributed by atoms with Crippen LogP contribution in [0, 0.1) is 12.3 Å². The highest BCUT2D eigenvalue weighted by atomic mass is 35.5. The zero-order valence-corrected chi connectivity index (χ0v) is 16.6. The van der Waals surface area contributed by atoms with Crippen LogP contribution in [-0.2, 0) is 4.79 Å². The Morgan fingerprint density at radius 2 is 1.71 bits per heavy atom. The SMILES string of the molecule is CCC(CC)(CN)C(=O)N1CCN(c2cccc(C)c2)CC1.Cl.Cl. The molecule has 1 aromatic rings. The van der Waals surface area contributed by atoms with E-state index in [1.807, 2.05) is 4.90 Å². The summed E-state index contributed by atoms with van der Waals surface area (Å²) in [5, 5.41) is 0. The highest BCUT2D eigenvalue weighted by Gasteiger charge is 2.37. The maximum atomic E-state index is 12.8. The van der Waals surface area contributed by atoms with E-state index in [0.717, 1.165) is 39.0 Å². The molecule has 1 saturated heterocycles. The van der Waals surface area contributed by atoms with Crippen molar-refractivity contribution in [3.8, 4) is 0 Å². The standard InChI is InChI=1S/C18H29N3O.2ClH/c1-4-18(5-2,14-19)17(22)21-11-9-20(10-12-21)16-8-6-7-15(3)13-16;;/h6-8,13H,4-5,9-12,14,19H2,1-3H3;2*1H. The largest absolute Gasteiger partial charge is 0.368 e. The average molecular weight is 376 g/mol. The summed E-state index contributed by atoms with van der Waals surface area (Å²) in [6, 6.07) is 8.56. The van der Waals surface area contributed by atoms with Crippen LogP contribution in [0.25, 0.3) is 0 Å². The molecule has 6 heteroatoms. The zero-order chi connectivity index (χ0) is 16.2. The summed E-state index contributed by atoms with van der Waals surface area (Å²) >= 11 is 0. The highest BCUT2D eigenvalue weighted by molar-refractivity contribution is 5.85. The summed E-state index contributed by atoms with van der Waals surface area (Å²) in [5.74, 6) is 0.240. The Morgan fingerprint density at radius 1 is 1.12 bits per heavy atom. The second-order valence-corrected chi connectivity index (χ2v) is 6.31. The van der Waals surface area contributed by atoms with E-state index in [1.54, 1.807) is 0 Å². The molecule has 4 nitrogen and oxygen atoms in total. The summed E-state index contributed by atoms with van der Waals surface area (Å²) in [6.45, 7) is 10.0. The van der Waals surface area contributed by atoms with Crippen molar-refractivity contribution in [2.75, 3.05) is 37.6 Å². The molecule has 0 spiro atoms. The maximum Gasteiger partial charge on any atom is 0.230 e. The normalized spacial score (nSPS) is 14.7. The Morgan fingerprint density at radius 3 is 2.17 bits per heavy atom. The van der Waals surface area contributed by atoms with Crippen LogP contribution < -0.4 is 10.6 Å². The van der Waals surface area contributed by atoms with Gasteiger partial charge in [-0.2, -0.15) is 0 Å². The number of hydrogen-bond acceptors (Lipinski definition) is 3. The van der Waals surface area contributed by atoms with Crippen molar-refractivity contribution in [3.63, 3.8) is 0 Å². The Labute approximate surface area is 158 Å². The molecule has 2 N–H and O–H groups in total. The van der Waals surface area contributed by atoms with Crippen molar-refractivity contribution in [1.82, 2.24) is 4.90 Å². The molecule has 138 valence electrons. The summed E-state index contributed by atoms with van der Waals surface area (Å²) in [6.07, 6.45) is 1.63. The monoisotopic (exact) mass is 375 g/mol. The van der Waals surface area contributed by atoms with Crippen LogP contribution in [0.5, 0.6) is 0 Å². The number of rotatable bonds is 5. The molecule has 1 aliphatic rings. The lowest BCUT2D eigenvalue weighted by atomic mass is 9.81. The number of hydrogen-bond donors (Lipinski definition) is 1. The topological polar surface area (TPSA) is 49.6 Å². The molecule has 0 aromatic heterocycles. The third-order valence-electron chi connectivity index (χ3n) is 5.13. The molecule has 1 aromatic carbocycles. The van der Waals surface area contributed by atoms with Crippen LogP contribution in [0.2, 0.25) is 0 Å². The number of aryl methyl sites for hydroxylation is 1. The van der Waals surface area contributed by atoms with Gasteiger partial charge in [0.2, 0.25) is 5.91 Å². The molecule has 0 unspecified atom stereocenters. The average Bonchev–Trinajstić information content (AvgIpc) is 2.57. The molecule has 0 saturated carbocycles. The van der Waals surface area contributed by atoms with Crippen LogP contribution in [-0.4, -0.2) is 43.5 Å². The molecule has 1 aliphatic heterocycles. The molecule has 2 rings (SSSR count). The van der Waals surface area contributed by atoms with Gasteiger partial charge in [0, 0.05) is 38.4 Å². The summed E-state index contributed by atoms with van der Waals surface area (Å²) in [5.41, 5.74) is 8.07. The Kier molecular flexibility index (Phi) is 9.71. The highest BCUT2D eigenvalue weighted by Crippen LogP contribution is 2.28. The number of carbonyl (C=O) groups is 1. The van der Waals surface area contributed by atoms with Crippen molar-refractivity contribution in [1.29, 1.82) is 0 Å². The first-order chi connectivity index (χ1) is 10.6. The van der Waals surface area contributed by atoms with Gasteiger partial charge in [-0.25, -0.2) is 0 Å². The molecule has 0 atom stereocenters. The minimum absolute atomic E-state index is 0. The van der Waals surface area contributed by atoms with Crippen molar-refractivity contribution in [2.24, 2.45) is 11.1 Å². The number of halogens is 2. The fourth-order valence-corrected chi connectivity index (χ4v) is 3.26. The van der Waals surface area contributed by atoms with E-state index in [-0.39, 0.29) is 36.1 Å². The number of amides is 1.